The molecule has 0 bridgehead atoms. The summed E-state index contributed by atoms with van der Waals surface area (Å²) in [5.74, 6) is -0.609. The number of carbonyl (C=O) groups excluding carboxylic acids is 1. The van der Waals surface area contributed by atoms with Crippen LogP contribution in [-0.2, 0) is 6.54 Å². The molecule has 0 unspecified atom stereocenters. The van der Waals surface area contributed by atoms with Crippen LogP contribution < -0.4 is 4.90 Å². The smallest absolute Gasteiger partial charge is 0.268 e. The number of nitrogens with zero attached hydrogens (tertiary/aromatic N) is 1. The zero-order chi connectivity index (χ0) is 16.2. The second-order valence-corrected chi connectivity index (χ2v) is 6.81. The Morgan fingerprint density at radius 3 is 2.43 bits per heavy atom. The summed E-state index contributed by atoms with van der Waals surface area (Å²) < 4.78 is 15.2. The standard InChI is InChI=1S/C18H13BrFNOS/c19-14-9-7-13(8-10-14)12-21(16-5-2-1-4-15(16)20)18(22)17-6-3-11-23-17/h1-11H,12H2. The number of carbonyl (C=O) groups is 1. The average molecular weight is 390 g/mol. The fourth-order valence-electron chi connectivity index (χ4n) is 2.24. The van der Waals surface area contributed by atoms with E-state index in [-0.39, 0.29) is 11.6 Å². The fraction of sp³-hybridized carbons (Fsp3) is 0.0556. The number of para-hydroxylation sites is 1. The molecule has 116 valence electrons. The minimum Gasteiger partial charge on any atom is -0.300 e. The largest absolute Gasteiger partial charge is 0.300 e. The number of hydrogen-bond acceptors (Lipinski definition) is 2. The summed E-state index contributed by atoms with van der Waals surface area (Å²) in [6.45, 7) is 0.310. The summed E-state index contributed by atoms with van der Waals surface area (Å²) in [6, 6.07) is 17.6. The number of hydrogen-bond donors (Lipinski definition) is 0. The molecular formula is C18H13BrFNOS. The molecule has 0 aliphatic rings. The van der Waals surface area contributed by atoms with Crippen LogP contribution in [0.4, 0.5) is 10.1 Å². The van der Waals surface area contributed by atoms with E-state index in [2.05, 4.69) is 15.9 Å². The quantitative estimate of drug-likeness (QED) is 0.576. The van der Waals surface area contributed by atoms with Crippen LogP contribution in [0.2, 0.25) is 0 Å². The van der Waals surface area contributed by atoms with Crippen molar-refractivity contribution in [2.24, 2.45) is 0 Å². The van der Waals surface area contributed by atoms with E-state index in [4.69, 9.17) is 0 Å². The summed E-state index contributed by atoms with van der Waals surface area (Å²) >= 11 is 4.74. The molecule has 0 aliphatic heterocycles. The van der Waals surface area contributed by atoms with E-state index < -0.39 is 5.82 Å². The number of benzene rings is 2. The number of rotatable bonds is 4. The summed E-state index contributed by atoms with van der Waals surface area (Å²) in [4.78, 5) is 14.9. The Kier molecular flexibility index (Phi) is 4.88. The lowest BCUT2D eigenvalue weighted by atomic mass is 10.2. The van der Waals surface area contributed by atoms with E-state index in [1.165, 1.54) is 22.3 Å². The molecule has 5 heteroatoms. The first-order valence-corrected chi connectivity index (χ1v) is 8.67. The maximum Gasteiger partial charge on any atom is 0.268 e. The number of thiophene rings is 1. The third kappa shape index (κ3) is 3.68. The third-order valence-corrected chi connectivity index (χ3v) is 4.76. The van der Waals surface area contributed by atoms with Crippen molar-refractivity contribution in [2.75, 3.05) is 4.90 Å². The Morgan fingerprint density at radius 1 is 1.04 bits per heavy atom. The zero-order valence-corrected chi connectivity index (χ0v) is 14.5. The molecule has 0 atom stereocenters. The lowest BCUT2D eigenvalue weighted by Crippen LogP contribution is -2.30. The Morgan fingerprint density at radius 2 is 1.78 bits per heavy atom. The second-order valence-electron chi connectivity index (χ2n) is 4.95. The third-order valence-electron chi connectivity index (χ3n) is 3.37. The van der Waals surface area contributed by atoms with Gasteiger partial charge in [0.05, 0.1) is 17.1 Å². The highest BCUT2D eigenvalue weighted by molar-refractivity contribution is 9.10. The summed E-state index contributed by atoms with van der Waals surface area (Å²) in [6.07, 6.45) is 0. The van der Waals surface area contributed by atoms with Crippen LogP contribution in [0.3, 0.4) is 0 Å². The molecule has 0 fully saturated rings. The van der Waals surface area contributed by atoms with Crippen molar-refractivity contribution in [3.63, 3.8) is 0 Å². The van der Waals surface area contributed by atoms with Gasteiger partial charge in [-0.1, -0.05) is 46.3 Å². The molecule has 2 aromatic carbocycles. The van der Waals surface area contributed by atoms with Gasteiger partial charge in [0.1, 0.15) is 5.82 Å². The summed E-state index contributed by atoms with van der Waals surface area (Å²) in [7, 11) is 0. The van der Waals surface area contributed by atoms with Crippen LogP contribution in [0.1, 0.15) is 15.2 Å². The van der Waals surface area contributed by atoms with E-state index in [0.717, 1.165) is 10.0 Å². The van der Waals surface area contributed by atoms with Gasteiger partial charge < -0.3 is 4.90 Å². The van der Waals surface area contributed by atoms with Gasteiger partial charge in [-0.2, -0.15) is 0 Å². The Hall–Kier alpha value is -1.98. The molecule has 1 amide bonds. The first kappa shape index (κ1) is 15.9. The second kappa shape index (κ2) is 7.06. The lowest BCUT2D eigenvalue weighted by Gasteiger charge is -2.23. The van der Waals surface area contributed by atoms with Gasteiger partial charge in [-0.15, -0.1) is 11.3 Å². The first-order valence-electron chi connectivity index (χ1n) is 6.99. The predicted octanol–water partition coefficient (Wildman–Crippen LogP) is 5.50. The van der Waals surface area contributed by atoms with Gasteiger partial charge in [-0.25, -0.2) is 4.39 Å². The number of halogens is 2. The number of anilines is 1. The molecule has 0 saturated carbocycles. The lowest BCUT2D eigenvalue weighted by molar-refractivity contribution is 0.0988. The molecule has 3 rings (SSSR count). The van der Waals surface area contributed by atoms with Crippen molar-refractivity contribution in [1.82, 2.24) is 0 Å². The van der Waals surface area contributed by atoms with E-state index >= 15 is 0 Å². The van der Waals surface area contributed by atoms with Crippen LogP contribution in [0.5, 0.6) is 0 Å². The Labute approximate surface area is 146 Å². The van der Waals surface area contributed by atoms with Gasteiger partial charge in [0.2, 0.25) is 0 Å². The number of amides is 1. The molecule has 3 aromatic rings. The summed E-state index contributed by atoms with van der Waals surface area (Å²) in [5.41, 5.74) is 1.22. The van der Waals surface area contributed by atoms with Crippen LogP contribution >= 0.6 is 27.3 Å². The molecular weight excluding hydrogens is 377 g/mol. The highest BCUT2D eigenvalue weighted by Gasteiger charge is 2.21. The van der Waals surface area contributed by atoms with Crippen LogP contribution in [0.25, 0.3) is 0 Å². The maximum absolute atomic E-state index is 14.2. The highest BCUT2D eigenvalue weighted by Crippen LogP contribution is 2.25. The van der Waals surface area contributed by atoms with E-state index in [9.17, 15) is 9.18 Å². The molecule has 0 radical (unpaired) electrons. The van der Waals surface area contributed by atoms with Gasteiger partial charge in [0.25, 0.3) is 5.91 Å². The minimum atomic E-state index is -0.408. The fourth-order valence-corrected chi connectivity index (χ4v) is 3.18. The Bertz CT molecular complexity index is 802. The maximum atomic E-state index is 14.2. The van der Waals surface area contributed by atoms with Crippen molar-refractivity contribution >= 4 is 38.9 Å². The van der Waals surface area contributed by atoms with Crippen molar-refractivity contribution in [2.45, 2.75) is 6.54 Å². The molecule has 1 aromatic heterocycles. The van der Waals surface area contributed by atoms with Gasteiger partial charge in [-0.3, -0.25) is 4.79 Å². The van der Waals surface area contributed by atoms with Crippen LogP contribution in [-0.4, -0.2) is 5.91 Å². The van der Waals surface area contributed by atoms with Crippen molar-refractivity contribution in [3.05, 3.63) is 86.8 Å². The summed E-state index contributed by atoms with van der Waals surface area (Å²) in [5, 5.41) is 1.84. The molecule has 1 heterocycles. The first-order chi connectivity index (χ1) is 11.1. The molecule has 0 spiro atoms. The van der Waals surface area contributed by atoms with E-state index in [1.54, 1.807) is 24.3 Å². The predicted molar refractivity (Wildman–Crippen MR) is 95.4 cm³/mol. The average Bonchev–Trinajstić information content (AvgIpc) is 3.09. The molecule has 0 N–H and O–H groups in total. The molecule has 23 heavy (non-hydrogen) atoms. The van der Waals surface area contributed by atoms with Gasteiger partial charge in [-0.05, 0) is 41.3 Å². The van der Waals surface area contributed by atoms with Crippen LogP contribution in [0, 0.1) is 5.82 Å². The van der Waals surface area contributed by atoms with E-state index in [0.29, 0.717) is 11.4 Å². The normalized spacial score (nSPS) is 10.5. The van der Waals surface area contributed by atoms with Crippen molar-refractivity contribution in [1.29, 1.82) is 0 Å². The van der Waals surface area contributed by atoms with Crippen molar-refractivity contribution in [3.8, 4) is 0 Å². The topological polar surface area (TPSA) is 20.3 Å². The van der Waals surface area contributed by atoms with E-state index in [1.807, 2.05) is 35.7 Å². The van der Waals surface area contributed by atoms with Crippen LogP contribution in [0.15, 0.2) is 70.5 Å². The molecule has 0 aliphatic carbocycles. The SMILES string of the molecule is O=C(c1cccs1)N(Cc1ccc(Br)cc1)c1ccccc1F. The minimum absolute atomic E-state index is 0.201. The molecule has 2 nitrogen and oxygen atoms in total. The molecule has 0 saturated heterocycles. The highest BCUT2D eigenvalue weighted by atomic mass is 79.9. The van der Waals surface area contributed by atoms with Gasteiger partial charge in [0, 0.05) is 4.47 Å². The zero-order valence-electron chi connectivity index (χ0n) is 12.1. The van der Waals surface area contributed by atoms with Gasteiger partial charge in [0.15, 0.2) is 0 Å². The monoisotopic (exact) mass is 389 g/mol. The van der Waals surface area contributed by atoms with Gasteiger partial charge >= 0.3 is 0 Å². The van der Waals surface area contributed by atoms with Crippen molar-refractivity contribution < 1.29 is 9.18 Å². The Balaban J connectivity index is 1.98.